The van der Waals surface area contributed by atoms with Gasteiger partial charge in [-0.15, -0.1) is 0 Å². The van der Waals surface area contributed by atoms with Crippen LogP contribution < -0.4 is 5.32 Å². The third kappa shape index (κ3) is 7.97. The van der Waals surface area contributed by atoms with E-state index >= 15 is 0 Å². The maximum absolute atomic E-state index is 10.9. The number of aldehydes is 1. The number of nitrogens with one attached hydrogen (secondary N) is 1. The summed E-state index contributed by atoms with van der Waals surface area (Å²) in [4.78, 5) is 10.6. The highest BCUT2D eigenvalue weighted by molar-refractivity contribution is 5.56. The molecule has 2 heterocycles. The predicted molar refractivity (Wildman–Crippen MR) is 139 cm³/mol. The molecule has 0 spiro atoms. The minimum Gasteiger partial charge on any atom is -0.394 e. The van der Waals surface area contributed by atoms with Crippen molar-refractivity contribution in [1.82, 2.24) is 5.32 Å². The molecule has 0 saturated carbocycles. The minimum absolute atomic E-state index is 0.0167. The Balaban J connectivity index is 1.63. The van der Waals surface area contributed by atoms with E-state index in [2.05, 4.69) is 5.32 Å². The molecule has 11 unspecified atom stereocenters. The van der Waals surface area contributed by atoms with E-state index in [-0.39, 0.29) is 11.9 Å². The Morgan fingerprint density at radius 3 is 2.09 bits per heavy atom. The monoisotopic (exact) mass is 645 g/mol. The van der Waals surface area contributed by atoms with Gasteiger partial charge in [0.1, 0.15) is 79.4 Å². The number of ether oxygens (including phenoxy) is 4. The van der Waals surface area contributed by atoms with E-state index in [1.165, 1.54) is 13.0 Å². The van der Waals surface area contributed by atoms with Gasteiger partial charge in [-0.3, -0.25) is 0 Å². The number of aliphatic hydroxyl groups excluding tert-OH is 13. The van der Waals surface area contributed by atoms with E-state index in [1.54, 1.807) is 0 Å². The molecule has 0 amide bonds. The molecular weight excluding hydrogens is 602 g/mol. The van der Waals surface area contributed by atoms with Crippen LogP contribution in [-0.2, 0) is 23.7 Å². The zero-order valence-electron chi connectivity index (χ0n) is 23.5. The van der Waals surface area contributed by atoms with Crippen molar-refractivity contribution >= 4 is 6.29 Å². The van der Waals surface area contributed by atoms with E-state index in [0.717, 1.165) is 0 Å². The largest absolute Gasteiger partial charge is 0.394 e. The fourth-order valence-corrected chi connectivity index (χ4v) is 5.25. The number of aliphatic hydroxyl groups is 13. The summed E-state index contributed by atoms with van der Waals surface area (Å²) >= 11 is 0. The highest BCUT2D eigenvalue weighted by atomic mass is 16.7. The summed E-state index contributed by atoms with van der Waals surface area (Å²) in [5.41, 5.74) is 0.0167. The van der Waals surface area contributed by atoms with Crippen molar-refractivity contribution in [2.24, 2.45) is 0 Å². The maximum atomic E-state index is 10.9. The van der Waals surface area contributed by atoms with Gasteiger partial charge in [0.15, 0.2) is 18.9 Å². The summed E-state index contributed by atoms with van der Waals surface area (Å²) in [6, 6.07) is -2.18. The molecule has 14 N–H and O–H groups in total. The van der Waals surface area contributed by atoms with Gasteiger partial charge in [0, 0.05) is 0 Å². The van der Waals surface area contributed by atoms with Crippen molar-refractivity contribution < 1.29 is 90.1 Å². The van der Waals surface area contributed by atoms with Gasteiger partial charge in [0.2, 0.25) is 0 Å². The lowest BCUT2D eigenvalue weighted by atomic mass is 9.86. The molecule has 0 aromatic heterocycles. The molecule has 256 valence electrons. The lowest BCUT2D eigenvalue weighted by Crippen LogP contribution is -2.68. The number of rotatable bonds is 13. The van der Waals surface area contributed by atoms with Crippen LogP contribution in [-0.4, -0.2) is 203 Å². The van der Waals surface area contributed by atoms with Gasteiger partial charge in [0.05, 0.1) is 38.0 Å². The van der Waals surface area contributed by atoms with Crippen molar-refractivity contribution in [3.63, 3.8) is 0 Å². The SMILES string of the molecule is C[C@H]1OC(OC2C(CO)O[C@H](OC[C@@H](O)C(O)C(O)C(O)C=O)[C@H](O)C2O)C(O)[C@@H](O)C1NC1C=C(CO)[C@@H](O)C(O)[C@H]1O. The molecule has 0 bridgehead atoms. The fraction of sp³-hybridized carbons (Fsp3) is 0.880. The van der Waals surface area contributed by atoms with Gasteiger partial charge in [-0.1, -0.05) is 6.08 Å². The molecule has 18 atom stereocenters. The number of carbonyl (C=O) groups is 1. The molecule has 1 aliphatic carbocycles. The number of hydrogen-bond donors (Lipinski definition) is 14. The first-order chi connectivity index (χ1) is 20.7. The lowest BCUT2D eigenvalue weighted by molar-refractivity contribution is -0.352. The Morgan fingerprint density at radius 2 is 1.50 bits per heavy atom. The van der Waals surface area contributed by atoms with Crippen LogP contribution in [0.3, 0.4) is 0 Å². The second-order valence-electron chi connectivity index (χ2n) is 11.1. The van der Waals surface area contributed by atoms with Crippen LogP contribution in [0.2, 0.25) is 0 Å². The summed E-state index contributed by atoms with van der Waals surface area (Å²) < 4.78 is 21.9. The first-order valence-electron chi connectivity index (χ1n) is 13.9. The van der Waals surface area contributed by atoms with Crippen LogP contribution in [0.15, 0.2) is 11.6 Å². The Hall–Kier alpha value is -1.31. The molecule has 44 heavy (non-hydrogen) atoms. The quantitative estimate of drug-likeness (QED) is 0.0653. The third-order valence-corrected chi connectivity index (χ3v) is 8.01. The van der Waals surface area contributed by atoms with Crippen molar-refractivity contribution in [3.8, 4) is 0 Å². The molecule has 3 rings (SSSR count). The Bertz CT molecular complexity index is 943. The average Bonchev–Trinajstić information content (AvgIpc) is 3.01. The van der Waals surface area contributed by atoms with Gasteiger partial charge in [0.25, 0.3) is 0 Å². The van der Waals surface area contributed by atoms with E-state index in [9.17, 15) is 71.2 Å². The fourth-order valence-electron chi connectivity index (χ4n) is 5.25. The third-order valence-electron chi connectivity index (χ3n) is 8.01. The molecule has 2 saturated heterocycles. The van der Waals surface area contributed by atoms with Crippen LogP contribution in [0, 0.1) is 0 Å². The van der Waals surface area contributed by atoms with Crippen molar-refractivity contribution in [3.05, 3.63) is 11.6 Å². The van der Waals surface area contributed by atoms with Crippen LogP contribution in [0.1, 0.15) is 6.92 Å². The highest BCUT2D eigenvalue weighted by Gasteiger charge is 2.51. The van der Waals surface area contributed by atoms with E-state index in [1.807, 2.05) is 0 Å². The van der Waals surface area contributed by atoms with Gasteiger partial charge in [-0.2, -0.15) is 0 Å². The van der Waals surface area contributed by atoms with E-state index in [4.69, 9.17) is 18.9 Å². The van der Waals surface area contributed by atoms with Crippen LogP contribution in [0.4, 0.5) is 0 Å². The summed E-state index contributed by atoms with van der Waals surface area (Å²) in [6.45, 7) is -0.817. The molecule has 2 fully saturated rings. The standard InChI is InChI=1S/C25H43NO18/c1-7-13(26-9-2-8(3-27)14(32)19(37)15(9)33)18(36)21(39)25(42-7)44-23-12(5-29)43-24(22(40)20(23)38)41-6-11(31)17(35)16(34)10(30)4-28/h2,4,7,9-27,29-40H,3,5-6H2,1H3/t7-,9?,10?,11-,12?,13?,14-,15+,16?,17?,18+,19?,20?,21?,22-,23?,24+,25?/m1/s1. The summed E-state index contributed by atoms with van der Waals surface area (Å²) in [6.07, 6.45) is -26.1. The second-order valence-corrected chi connectivity index (χ2v) is 11.1. The van der Waals surface area contributed by atoms with Crippen LogP contribution in [0.5, 0.6) is 0 Å². The Labute approximate surface area is 250 Å². The molecule has 0 radical (unpaired) electrons. The highest BCUT2D eigenvalue weighted by Crippen LogP contribution is 2.30. The smallest absolute Gasteiger partial charge is 0.187 e. The van der Waals surface area contributed by atoms with Crippen LogP contribution in [0.25, 0.3) is 0 Å². The number of hydrogen-bond acceptors (Lipinski definition) is 19. The summed E-state index contributed by atoms with van der Waals surface area (Å²) in [5.74, 6) is 0. The minimum atomic E-state index is -2.06. The van der Waals surface area contributed by atoms with E-state index < -0.39 is 130 Å². The molecule has 2 aliphatic heterocycles. The van der Waals surface area contributed by atoms with Crippen molar-refractivity contribution in [2.75, 3.05) is 19.8 Å². The molecule has 0 aromatic carbocycles. The van der Waals surface area contributed by atoms with Gasteiger partial charge in [-0.25, -0.2) is 0 Å². The van der Waals surface area contributed by atoms with Crippen LogP contribution >= 0.6 is 0 Å². The van der Waals surface area contributed by atoms with Gasteiger partial charge < -0.3 is 95.4 Å². The maximum Gasteiger partial charge on any atom is 0.187 e. The Kier molecular flexibility index (Phi) is 13.5. The molecular formula is C25H43NO18. The summed E-state index contributed by atoms with van der Waals surface area (Å²) in [7, 11) is 0. The molecule has 0 aromatic rings. The van der Waals surface area contributed by atoms with Crippen molar-refractivity contribution in [2.45, 2.75) is 117 Å². The zero-order valence-corrected chi connectivity index (χ0v) is 23.5. The lowest BCUT2D eigenvalue weighted by Gasteiger charge is -2.47. The van der Waals surface area contributed by atoms with Gasteiger partial charge >= 0.3 is 0 Å². The second kappa shape index (κ2) is 16.0. The predicted octanol–water partition coefficient (Wildman–Crippen LogP) is -8.72. The molecule has 19 heteroatoms. The average molecular weight is 646 g/mol. The molecule has 19 nitrogen and oxygen atoms in total. The van der Waals surface area contributed by atoms with E-state index in [0.29, 0.717) is 0 Å². The van der Waals surface area contributed by atoms with Crippen molar-refractivity contribution in [1.29, 1.82) is 0 Å². The number of carbonyl (C=O) groups excluding carboxylic acids is 1. The topological polar surface area (TPSA) is 329 Å². The van der Waals surface area contributed by atoms with Gasteiger partial charge in [-0.05, 0) is 12.5 Å². The first kappa shape index (κ1) is 37.2. The molecule has 3 aliphatic rings. The normalized spacial score (nSPS) is 44.4. The zero-order chi connectivity index (χ0) is 33.0. The summed E-state index contributed by atoms with van der Waals surface area (Å²) in [5, 5.41) is 134. The Morgan fingerprint density at radius 1 is 0.864 bits per heavy atom. The first-order valence-corrected chi connectivity index (χ1v) is 13.9.